The molecule has 1 N–H and O–H groups in total. The molecule has 2 rings (SSSR count). The summed E-state index contributed by atoms with van der Waals surface area (Å²) in [5.41, 5.74) is 2.21. The van der Waals surface area contributed by atoms with Crippen LogP contribution in [0.15, 0.2) is 29.6 Å². The number of amides is 1. The summed E-state index contributed by atoms with van der Waals surface area (Å²) in [5, 5.41) is 6.05. The lowest BCUT2D eigenvalue weighted by Crippen LogP contribution is -2.23. The first kappa shape index (κ1) is 17.5. The topological polar surface area (TPSA) is 51.2 Å². The van der Waals surface area contributed by atoms with Gasteiger partial charge in [0, 0.05) is 30.2 Å². The van der Waals surface area contributed by atoms with E-state index in [0.29, 0.717) is 19.4 Å². The van der Waals surface area contributed by atoms with Crippen LogP contribution in [-0.4, -0.2) is 18.0 Å². The predicted molar refractivity (Wildman–Crippen MR) is 94.0 cm³/mol. The minimum Gasteiger partial charge on any atom is -0.497 e. The Labute approximate surface area is 141 Å². The third-order valence-corrected chi connectivity index (χ3v) is 4.44. The highest BCUT2D eigenvalue weighted by molar-refractivity contribution is 7.09. The zero-order chi connectivity index (χ0) is 16.9. The van der Waals surface area contributed by atoms with Crippen LogP contribution < -0.4 is 10.1 Å². The number of aryl methyl sites for hydroxylation is 1. The first-order chi connectivity index (χ1) is 10.9. The molecule has 0 aliphatic rings. The fraction of sp³-hybridized carbons (Fsp3) is 0.444. The average molecular weight is 332 g/mol. The van der Waals surface area contributed by atoms with Gasteiger partial charge < -0.3 is 10.1 Å². The molecule has 1 aromatic carbocycles. The lowest BCUT2D eigenvalue weighted by Gasteiger charge is -2.14. The van der Waals surface area contributed by atoms with Crippen molar-refractivity contribution in [3.63, 3.8) is 0 Å². The van der Waals surface area contributed by atoms with E-state index in [9.17, 15) is 4.79 Å². The maximum atomic E-state index is 12.0. The predicted octanol–water partition coefficient (Wildman–Crippen LogP) is 3.70. The lowest BCUT2D eigenvalue weighted by atomic mass is 9.93. The third-order valence-electron chi connectivity index (χ3n) is 3.53. The van der Waals surface area contributed by atoms with Crippen LogP contribution in [0.2, 0.25) is 0 Å². The second-order valence-corrected chi connectivity index (χ2v) is 7.44. The van der Waals surface area contributed by atoms with Gasteiger partial charge >= 0.3 is 0 Å². The number of hydrogen-bond acceptors (Lipinski definition) is 4. The van der Waals surface area contributed by atoms with Crippen LogP contribution in [0.5, 0.6) is 5.75 Å². The van der Waals surface area contributed by atoms with Gasteiger partial charge in [0.1, 0.15) is 5.75 Å². The largest absolute Gasteiger partial charge is 0.497 e. The van der Waals surface area contributed by atoms with Crippen molar-refractivity contribution in [3.05, 3.63) is 45.9 Å². The van der Waals surface area contributed by atoms with Gasteiger partial charge in [-0.15, -0.1) is 11.3 Å². The molecule has 0 saturated carbocycles. The van der Waals surface area contributed by atoms with Crippen molar-refractivity contribution < 1.29 is 9.53 Å². The highest BCUT2D eigenvalue weighted by atomic mass is 32.1. The molecule has 124 valence electrons. The van der Waals surface area contributed by atoms with Crippen LogP contribution in [0.25, 0.3) is 0 Å². The summed E-state index contributed by atoms with van der Waals surface area (Å²) in [6.07, 6.45) is 1.16. The summed E-state index contributed by atoms with van der Waals surface area (Å²) >= 11 is 1.63. The van der Waals surface area contributed by atoms with Crippen LogP contribution >= 0.6 is 11.3 Å². The number of carbonyl (C=O) groups excluding carboxylic acids is 1. The van der Waals surface area contributed by atoms with Gasteiger partial charge in [-0.1, -0.05) is 32.9 Å². The van der Waals surface area contributed by atoms with Crippen molar-refractivity contribution in [2.75, 3.05) is 7.11 Å². The minimum atomic E-state index is 0.0494. The van der Waals surface area contributed by atoms with Gasteiger partial charge in [-0.05, 0) is 17.7 Å². The maximum absolute atomic E-state index is 12.0. The quantitative estimate of drug-likeness (QED) is 0.877. The molecule has 1 amide bonds. The molecule has 2 aromatic rings. The fourth-order valence-electron chi connectivity index (χ4n) is 2.02. The summed E-state index contributed by atoms with van der Waals surface area (Å²) in [6, 6.07) is 7.70. The molecule has 0 saturated heterocycles. The zero-order valence-electron chi connectivity index (χ0n) is 14.2. The van der Waals surface area contributed by atoms with Crippen LogP contribution in [0.4, 0.5) is 0 Å². The molecule has 4 nitrogen and oxygen atoms in total. The lowest BCUT2D eigenvalue weighted by molar-refractivity contribution is -0.121. The second kappa shape index (κ2) is 7.59. The monoisotopic (exact) mass is 332 g/mol. The molecule has 0 aliphatic heterocycles. The number of benzene rings is 1. The van der Waals surface area contributed by atoms with Crippen LogP contribution in [0, 0.1) is 0 Å². The number of carbonyl (C=O) groups is 1. The Bertz CT molecular complexity index is 642. The standard InChI is InChI=1S/C18H24N2O2S/c1-18(2,3)15-12-23-17(20-15)10-9-16(21)19-11-13-5-7-14(22-4)8-6-13/h5-8,12H,9-11H2,1-4H3,(H,19,21). The Morgan fingerprint density at radius 2 is 1.96 bits per heavy atom. The number of nitrogens with zero attached hydrogens (tertiary/aromatic N) is 1. The zero-order valence-corrected chi connectivity index (χ0v) is 15.0. The van der Waals surface area contributed by atoms with Gasteiger partial charge in [0.05, 0.1) is 17.8 Å². The number of methoxy groups -OCH3 is 1. The fourth-order valence-corrected chi connectivity index (χ4v) is 3.05. The third kappa shape index (κ3) is 5.36. The number of thiazole rings is 1. The molecule has 5 heteroatoms. The van der Waals surface area contributed by atoms with E-state index >= 15 is 0 Å². The van der Waals surface area contributed by atoms with E-state index in [4.69, 9.17) is 4.74 Å². The van der Waals surface area contributed by atoms with Crippen molar-refractivity contribution in [2.45, 2.75) is 45.6 Å². The summed E-state index contributed by atoms with van der Waals surface area (Å²) in [7, 11) is 1.64. The average Bonchev–Trinajstić information content (AvgIpc) is 3.00. The van der Waals surface area contributed by atoms with Crippen molar-refractivity contribution in [1.29, 1.82) is 0 Å². The normalized spacial score (nSPS) is 11.3. The van der Waals surface area contributed by atoms with Crippen LogP contribution in [-0.2, 0) is 23.2 Å². The van der Waals surface area contributed by atoms with E-state index in [0.717, 1.165) is 22.0 Å². The molecule has 23 heavy (non-hydrogen) atoms. The van der Waals surface area contributed by atoms with Crippen LogP contribution in [0.3, 0.4) is 0 Å². The van der Waals surface area contributed by atoms with Gasteiger partial charge in [0.25, 0.3) is 0 Å². The summed E-state index contributed by atoms with van der Waals surface area (Å²) in [6.45, 7) is 6.97. The highest BCUT2D eigenvalue weighted by Crippen LogP contribution is 2.24. The number of aromatic nitrogens is 1. The van der Waals surface area contributed by atoms with Gasteiger partial charge in [0.15, 0.2) is 0 Å². The van der Waals surface area contributed by atoms with E-state index in [-0.39, 0.29) is 11.3 Å². The molecule has 0 fully saturated rings. The molecule has 0 atom stereocenters. The molecule has 0 unspecified atom stereocenters. The van der Waals surface area contributed by atoms with E-state index in [2.05, 4.69) is 36.5 Å². The first-order valence-corrected chi connectivity index (χ1v) is 8.61. The summed E-state index contributed by atoms with van der Waals surface area (Å²) in [4.78, 5) is 16.6. The van der Waals surface area contributed by atoms with Crippen LogP contribution in [0.1, 0.15) is 43.5 Å². The Kier molecular flexibility index (Phi) is 5.77. The van der Waals surface area contributed by atoms with Gasteiger partial charge in [-0.2, -0.15) is 0 Å². The van der Waals surface area contributed by atoms with Crippen molar-refractivity contribution in [2.24, 2.45) is 0 Å². The molecule has 0 aliphatic carbocycles. The molecule has 0 radical (unpaired) electrons. The molecular weight excluding hydrogens is 308 g/mol. The maximum Gasteiger partial charge on any atom is 0.220 e. The van der Waals surface area contributed by atoms with Crippen molar-refractivity contribution in [1.82, 2.24) is 10.3 Å². The van der Waals surface area contributed by atoms with E-state index in [1.165, 1.54) is 0 Å². The van der Waals surface area contributed by atoms with E-state index in [1.54, 1.807) is 18.4 Å². The van der Waals surface area contributed by atoms with Gasteiger partial charge in [0.2, 0.25) is 5.91 Å². The summed E-state index contributed by atoms with van der Waals surface area (Å²) < 4.78 is 5.11. The number of hydrogen-bond donors (Lipinski definition) is 1. The number of rotatable bonds is 6. The Hall–Kier alpha value is -1.88. The first-order valence-electron chi connectivity index (χ1n) is 7.73. The highest BCUT2D eigenvalue weighted by Gasteiger charge is 2.17. The van der Waals surface area contributed by atoms with Crippen molar-refractivity contribution >= 4 is 17.2 Å². The molecule has 1 aromatic heterocycles. The minimum absolute atomic E-state index is 0.0494. The van der Waals surface area contributed by atoms with E-state index < -0.39 is 0 Å². The van der Waals surface area contributed by atoms with E-state index in [1.807, 2.05) is 24.3 Å². The molecule has 1 heterocycles. The molecule has 0 spiro atoms. The Balaban J connectivity index is 1.77. The molecular formula is C18H24N2O2S. The van der Waals surface area contributed by atoms with Crippen molar-refractivity contribution in [3.8, 4) is 5.75 Å². The van der Waals surface area contributed by atoms with Gasteiger partial charge in [-0.3, -0.25) is 4.79 Å². The number of nitrogens with one attached hydrogen (secondary N) is 1. The SMILES string of the molecule is COc1ccc(CNC(=O)CCc2nc(C(C)(C)C)cs2)cc1. The summed E-state index contributed by atoms with van der Waals surface area (Å²) in [5.74, 6) is 0.867. The smallest absolute Gasteiger partial charge is 0.220 e. The van der Waals surface area contributed by atoms with Gasteiger partial charge in [-0.25, -0.2) is 4.98 Å². The Morgan fingerprint density at radius 3 is 2.52 bits per heavy atom. The second-order valence-electron chi connectivity index (χ2n) is 6.50. The Morgan fingerprint density at radius 1 is 1.26 bits per heavy atom. The number of ether oxygens (including phenoxy) is 1. The molecule has 0 bridgehead atoms.